The Morgan fingerprint density at radius 2 is 2.30 bits per heavy atom. The number of benzene rings is 1. The van der Waals surface area contributed by atoms with E-state index in [1.54, 1.807) is 17.5 Å². The van der Waals surface area contributed by atoms with Crippen molar-refractivity contribution >= 4 is 23.1 Å². The number of carbonyl (C=O) groups excluding carboxylic acids is 1. The minimum Gasteiger partial charge on any atom is -0.333 e. The maximum Gasteiger partial charge on any atom is 0.319 e. The average Bonchev–Trinajstić information content (AvgIpc) is 2.82. The highest BCUT2D eigenvalue weighted by Gasteiger charge is 2.05. The fourth-order valence-electron chi connectivity index (χ4n) is 1.73. The smallest absolute Gasteiger partial charge is 0.319 e. The lowest BCUT2D eigenvalue weighted by Crippen LogP contribution is -2.27. The highest BCUT2D eigenvalue weighted by molar-refractivity contribution is 7.11. The van der Waals surface area contributed by atoms with E-state index in [1.165, 1.54) is 0 Å². The average molecular weight is 290 g/mol. The molecule has 0 aliphatic heterocycles. The van der Waals surface area contributed by atoms with Gasteiger partial charge < -0.3 is 16.4 Å². The monoisotopic (exact) mass is 290 g/mol. The molecule has 0 saturated carbocycles. The van der Waals surface area contributed by atoms with E-state index in [1.807, 2.05) is 38.1 Å². The molecule has 1 aromatic carbocycles. The van der Waals surface area contributed by atoms with E-state index < -0.39 is 0 Å². The van der Waals surface area contributed by atoms with Gasteiger partial charge in [0.05, 0.1) is 11.6 Å². The van der Waals surface area contributed by atoms with Crippen LogP contribution in [-0.4, -0.2) is 11.0 Å². The number of aromatic nitrogens is 1. The lowest BCUT2D eigenvalue weighted by atomic mass is 10.1. The van der Waals surface area contributed by atoms with Crippen molar-refractivity contribution in [2.75, 3.05) is 5.32 Å². The molecular weight excluding hydrogens is 272 g/mol. The normalized spacial score (nSPS) is 11.9. The summed E-state index contributed by atoms with van der Waals surface area (Å²) in [6, 6.07) is 7.23. The van der Waals surface area contributed by atoms with Crippen molar-refractivity contribution in [3.63, 3.8) is 0 Å². The van der Waals surface area contributed by atoms with Crippen LogP contribution in [0.15, 0.2) is 30.5 Å². The summed E-state index contributed by atoms with van der Waals surface area (Å²) in [4.78, 5) is 17.0. The van der Waals surface area contributed by atoms with E-state index in [0.717, 1.165) is 21.1 Å². The van der Waals surface area contributed by atoms with E-state index in [4.69, 9.17) is 5.73 Å². The molecule has 6 heteroatoms. The molecular formula is C14H18N4OS. The highest BCUT2D eigenvalue weighted by Crippen LogP contribution is 2.15. The number of urea groups is 1. The number of nitrogens with zero attached hydrogens (tertiary/aromatic N) is 1. The Bertz CT molecular complexity index is 594. The third-order valence-electron chi connectivity index (χ3n) is 2.76. The maximum absolute atomic E-state index is 11.8. The van der Waals surface area contributed by atoms with Gasteiger partial charge in [0, 0.05) is 22.8 Å². The topological polar surface area (TPSA) is 80.0 Å². The second-order valence-corrected chi connectivity index (χ2v) is 5.89. The number of anilines is 1. The fraction of sp³-hybridized carbons (Fsp3) is 0.286. The Kier molecular flexibility index (Phi) is 4.70. The Balaban J connectivity index is 1.89. The molecule has 0 aliphatic rings. The predicted molar refractivity (Wildman–Crippen MR) is 81.8 cm³/mol. The van der Waals surface area contributed by atoms with Crippen molar-refractivity contribution < 1.29 is 4.79 Å². The van der Waals surface area contributed by atoms with Gasteiger partial charge in [-0.2, -0.15) is 0 Å². The lowest BCUT2D eigenvalue weighted by molar-refractivity contribution is 0.252. The number of hydrogen-bond donors (Lipinski definition) is 3. The van der Waals surface area contributed by atoms with E-state index in [9.17, 15) is 4.79 Å². The number of hydrogen-bond acceptors (Lipinski definition) is 4. The van der Waals surface area contributed by atoms with Gasteiger partial charge in [-0.1, -0.05) is 12.1 Å². The van der Waals surface area contributed by atoms with Crippen LogP contribution >= 0.6 is 11.3 Å². The molecule has 0 spiro atoms. The molecule has 0 saturated heterocycles. The molecule has 1 atom stereocenters. The number of nitrogens with one attached hydrogen (secondary N) is 2. The first-order chi connectivity index (χ1) is 9.54. The number of aryl methyl sites for hydroxylation is 1. The van der Waals surface area contributed by atoms with Gasteiger partial charge in [0.2, 0.25) is 0 Å². The van der Waals surface area contributed by atoms with Crippen molar-refractivity contribution in [2.24, 2.45) is 5.73 Å². The number of thiazole rings is 1. The summed E-state index contributed by atoms with van der Waals surface area (Å²) in [5, 5.41) is 6.58. The van der Waals surface area contributed by atoms with Crippen molar-refractivity contribution in [3.05, 3.63) is 45.9 Å². The SMILES string of the molecule is Cc1ncc(CNC(=O)Nc2cccc(C(C)N)c2)s1. The zero-order chi connectivity index (χ0) is 14.5. The van der Waals surface area contributed by atoms with Gasteiger partial charge >= 0.3 is 6.03 Å². The van der Waals surface area contributed by atoms with Crippen LogP contribution in [0, 0.1) is 6.92 Å². The molecule has 0 fully saturated rings. The van der Waals surface area contributed by atoms with E-state index >= 15 is 0 Å². The molecule has 1 aromatic heterocycles. The van der Waals surface area contributed by atoms with Crippen LogP contribution in [0.25, 0.3) is 0 Å². The van der Waals surface area contributed by atoms with Crippen molar-refractivity contribution in [3.8, 4) is 0 Å². The molecule has 1 unspecified atom stereocenters. The summed E-state index contributed by atoms with van der Waals surface area (Å²) in [5.74, 6) is 0. The number of amides is 2. The number of nitrogens with two attached hydrogens (primary N) is 1. The Hall–Kier alpha value is -1.92. The summed E-state index contributed by atoms with van der Waals surface area (Å²) in [6.45, 7) is 4.32. The Morgan fingerprint density at radius 3 is 2.95 bits per heavy atom. The molecule has 5 nitrogen and oxygen atoms in total. The summed E-state index contributed by atoms with van der Waals surface area (Å²) < 4.78 is 0. The van der Waals surface area contributed by atoms with Crippen LogP contribution in [0.5, 0.6) is 0 Å². The van der Waals surface area contributed by atoms with Gasteiger partial charge in [-0.05, 0) is 31.5 Å². The first-order valence-corrected chi connectivity index (χ1v) is 7.18. The zero-order valence-corrected chi connectivity index (χ0v) is 12.3. The zero-order valence-electron chi connectivity index (χ0n) is 11.5. The van der Waals surface area contributed by atoms with Gasteiger partial charge in [-0.3, -0.25) is 0 Å². The van der Waals surface area contributed by atoms with Crippen molar-refractivity contribution in [2.45, 2.75) is 26.4 Å². The van der Waals surface area contributed by atoms with E-state index in [2.05, 4.69) is 15.6 Å². The van der Waals surface area contributed by atoms with Crippen LogP contribution in [0.2, 0.25) is 0 Å². The van der Waals surface area contributed by atoms with Crippen LogP contribution in [-0.2, 0) is 6.54 Å². The van der Waals surface area contributed by atoms with Crippen LogP contribution in [0.3, 0.4) is 0 Å². The maximum atomic E-state index is 11.8. The van der Waals surface area contributed by atoms with Gasteiger partial charge in [-0.15, -0.1) is 11.3 Å². The quantitative estimate of drug-likeness (QED) is 0.810. The predicted octanol–water partition coefficient (Wildman–Crippen LogP) is 2.79. The summed E-state index contributed by atoms with van der Waals surface area (Å²) >= 11 is 1.57. The number of carbonyl (C=O) groups is 1. The van der Waals surface area contributed by atoms with Gasteiger partial charge in [0.1, 0.15) is 0 Å². The molecule has 106 valence electrons. The lowest BCUT2D eigenvalue weighted by Gasteiger charge is -2.10. The minimum atomic E-state index is -0.238. The van der Waals surface area contributed by atoms with E-state index in [-0.39, 0.29) is 12.1 Å². The van der Waals surface area contributed by atoms with Gasteiger partial charge in [-0.25, -0.2) is 9.78 Å². The minimum absolute atomic E-state index is 0.0556. The molecule has 20 heavy (non-hydrogen) atoms. The molecule has 1 heterocycles. The summed E-state index contributed by atoms with van der Waals surface area (Å²) in [7, 11) is 0. The molecule has 2 amide bonds. The van der Waals surface area contributed by atoms with E-state index in [0.29, 0.717) is 6.54 Å². The van der Waals surface area contributed by atoms with Crippen molar-refractivity contribution in [1.82, 2.24) is 10.3 Å². The van der Waals surface area contributed by atoms with Gasteiger partial charge in [0.15, 0.2) is 0 Å². The van der Waals surface area contributed by atoms with Gasteiger partial charge in [0.25, 0.3) is 0 Å². The Labute approximate surface area is 122 Å². The molecule has 0 radical (unpaired) electrons. The molecule has 0 aliphatic carbocycles. The second kappa shape index (κ2) is 6.49. The molecule has 4 N–H and O–H groups in total. The van der Waals surface area contributed by atoms with Crippen LogP contribution in [0.4, 0.5) is 10.5 Å². The molecule has 0 bridgehead atoms. The van der Waals surface area contributed by atoms with Crippen LogP contribution in [0.1, 0.15) is 28.4 Å². The first kappa shape index (κ1) is 14.5. The first-order valence-electron chi connectivity index (χ1n) is 6.36. The standard InChI is InChI=1S/C14H18N4OS/c1-9(15)11-4-3-5-12(6-11)18-14(19)17-8-13-7-16-10(2)20-13/h3-7,9H,8,15H2,1-2H3,(H2,17,18,19). The van der Waals surface area contributed by atoms with Crippen LogP contribution < -0.4 is 16.4 Å². The fourth-order valence-corrected chi connectivity index (χ4v) is 2.46. The largest absolute Gasteiger partial charge is 0.333 e. The number of rotatable bonds is 4. The third kappa shape index (κ3) is 4.04. The summed E-state index contributed by atoms with van der Waals surface area (Å²) in [6.07, 6.45) is 1.77. The molecule has 2 aromatic rings. The highest BCUT2D eigenvalue weighted by atomic mass is 32.1. The molecule has 2 rings (SSSR count). The third-order valence-corrected chi connectivity index (χ3v) is 3.68. The Morgan fingerprint density at radius 1 is 1.50 bits per heavy atom. The summed E-state index contributed by atoms with van der Waals surface area (Å²) in [5.41, 5.74) is 7.54. The van der Waals surface area contributed by atoms with Crippen molar-refractivity contribution in [1.29, 1.82) is 0 Å². The second-order valence-electron chi connectivity index (χ2n) is 4.57.